The lowest BCUT2D eigenvalue weighted by atomic mass is 10.0. The molecule has 0 aromatic carbocycles. The Morgan fingerprint density at radius 3 is 2.48 bits per heavy atom. The van der Waals surface area contributed by atoms with Crippen molar-refractivity contribution in [2.45, 2.75) is 52.1 Å². The van der Waals surface area contributed by atoms with Crippen molar-refractivity contribution >= 4 is 29.1 Å². The predicted molar refractivity (Wildman–Crippen MR) is 98.4 cm³/mol. The molecule has 0 spiro atoms. The summed E-state index contributed by atoms with van der Waals surface area (Å²) >= 11 is 1.35. The molecule has 138 valence electrons. The molecule has 2 rings (SSSR count). The molecule has 0 bridgehead atoms. The van der Waals surface area contributed by atoms with Gasteiger partial charge in [-0.25, -0.2) is 0 Å². The van der Waals surface area contributed by atoms with Crippen LogP contribution in [0.25, 0.3) is 0 Å². The number of rotatable bonds is 6. The number of thiophene rings is 1. The van der Waals surface area contributed by atoms with Gasteiger partial charge in [0.05, 0.1) is 4.88 Å². The number of carbonyl (C=O) groups is 3. The Morgan fingerprint density at radius 1 is 1.24 bits per heavy atom. The highest BCUT2D eigenvalue weighted by atomic mass is 32.1. The van der Waals surface area contributed by atoms with E-state index in [1.54, 1.807) is 19.1 Å². The Morgan fingerprint density at radius 2 is 1.92 bits per heavy atom. The lowest BCUT2D eigenvalue weighted by molar-refractivity contribution is -0.133. The van der Waals surface area contributed by atoms with Crippen molar-refractivity contribution in [2.24, 2.45) is 5.92 Å². The summed E-state index contributed by atoms with van der Waals surface area (Å²) in [7, 11) is 0. The molecule has 1 saturated heterocycles. The minimum Gasteiger partial charge on any atom is -0.351 e. The number of hydrogen-bond acceptors (Lipinski definition) is 4. The van der Waals surface area contributed by atoms with Crippen molar-refractivity contribution in [3.8, 4) is 0 Å². The van der Waals surface area contributed by atoms with E-state index in [4.69, 9.17) is 0 Å². The first-order valence-corrected chi connectivity index (χ1v) is 9.67. The number of nitrogens with one attached hydrogen (secondary N) is 2. The van der Waals surface area contributed by atoms with Crippen molar-refractivity contribution in [3.63, 3.8) is 0 Å². The van der Waals surface area contributed by atoms with E-state index in [0.29, 0.717) is 30.3 Å². The molecule has 1 aliphatic rings. The third kappa shape index (κ3) is 5.85. The molecule has 25 heavy (non-hydrogen) atoms. The van der Waals surface area contributed by atoms with E-state index < -0.39 is 6.04 Å². The summed E-state index contributed by atoms with van der Waals surface area (Å²) in [6.07, 6.45) is 2.07. The van der Waals surface area contributed by atoms with Gasteiger partial charge in [0.1, 0.15) is 6.04 Å². The van der Waals surface area contributed by atoms with Gasteiger partial charge >= 0.3 is 0 Å². The van der Waals surface area contributed by atoms with Crippen LogP contribution in [0.15, 0.2) is 17.5 Å². The summed E-state index contributed by atoms with van der Waals surface area (Å²) in [4.78, 5) is 38.8. The maximum atomic E-state index is 12.3. The van der Waals surface area contributed by atoms with E-state index in [1.165, 1.54) is 11.3 Å². The van der Waals surface area contributed by atoms with Crippen LogP contribution in [0.4, 0.5) is 0 Å². The third-order valence-corrected chi connectivity index (χ3v) is 5.13. The van der Waals surface area contributed by atoms with Crippen LogP contribution in [0, 0.1) is 5.92 Å². The largest absolute Gasteiger partial charge is 0.351 e. The summed E-state index contributed by atoms with van der Waals surface area (Å²) in [5.41, 5.74) is 0. The second kappa shape index (κ2) is 8.99. The summed E-state index contributed by atoms with van der Waals surface area (Å²) in [5.74, 6) is 0.137. The average molecular weight is 365 g/mol. The third-order valence-electron chi connectivity index (χ3n) is 4.26. The van der Waals surface area contributed by atoms with Gasteiger partial charge in [-0.15, -0.1) is 11.3 Å². The first-order valence-electron chi connectivity index (χ1n) is 8.79. The average Bonchev–Trinajstić information content (AvgIpc) is 3.09. The van der Waals surface area contributed by atoms with Crippen molar-refractivity contribution < 1.29 is 14.4 Å². The van der Waals surface area contributed by atoms with Crippen molar-refractivity contribution in [1.82, 2.24) is 15.5 Å². The van der Waals surface area contributed by atoms with Crippen LogP contribution >= 0.6 is 11.3 Å². The Balaban J connectivity index is 1.74. The maximum Gasteiger partial charge on any atom is 0.261 e. The Labute approximate surface area is 153 Å². The molecule has 0 unspecified atom stereocenters. The van der Waals surface area contributed by atoms with E-state index in [2.05, 4.69) is 10.6 Å². The molecule has 1 fully saturated rings. The fraction of sp³-hybridized carbons (Fsp3) is 0.611. The fourth-order valence-corrected chi connectivity index (χ4v) is 3.45. The van der Waals surface area contributed by atoms with E-state index in [-0.39, 0.29) is 23.8 Å². The molecule has 1 aromatic rings. The number of nitrogens with zero attached hydrogens (tertiary/aromatic N) is 1. The van der Waals surface area contributed by atoms with Crippen LogP contribution in [-0.4, -0.2) is 47.8 Å². The standard InChI is InChI=1S/C18H27N3O3S/c1-12(2)11-16(22)21-8-6-14(7-9-21)20-17(23)13(3)19-18(24)15-5-4-10-25-15/h4-5,10,12-14H,6-9,11H2,1-3H3,(H,19,24)(H,20,23)/t13-/m0/s1. The number of likely N-dealkylation sites (tertiary alicyclic amines) is 1. The van der Waals surface area contributed by atoms with Gasteiger partial charge in [-0.2, -0.15) is 0 Å². The van der Waals surface area contributed by atoms with Gasteiger partial charge in [0.25, 0.3) is 5.91 Å². The first-order chi connectivity index (χ1) is 11.9. The van der Waals surface area contributed by atoms with Crippen LogP contribution < -0.4 is 10.6 Å². The van der Waals surface area contributed by atoms with Crippen LogP contribution in [0.1, 0.15) is 49.7 Å². The van der Waals surface area contributed by atoms with E-state index >= 15 is 0 Å². The van der Waals surface area contributed by atoms with Crippen LogP contribution in [0.2, 0.25) is 0 Å². The molecule has 7 heteroatoms. The quantitative estimate of drug-likeness (QED) is 0.809. The van der Waals surface area contributed by atoms with E-state index in [1.807, 2.05) is 24.1 Å². The molecule has 1 aliphatic heterocycles. The lowest BCUT2D eigenvalue weighted by Crippen LogP contribution is -2.51. The van der Waals surface area contributed by atoms with Gasteiger partial charge in [0.2, 0.25) is 11.8 Å². The smallest absolute Gasteiger partial charge is 0.261 e. The zero-order chi connectivity index (χ0) is 18.4. The van der Waals surface area contributed by atoms with Crippen LogP contribution in [0.5, 0.6) is 0 Å². The van der Waals surface area contributed by atoms with Crippen molar-refractivity contribution in [1.29, 1.82) is 0 Å². The molecule has 6 nitrogen and oxygen atoms in total. The number of amides is 3. The normalized spacial score (nSPS) is 16.6. The zero-order valence-corrected chi connectivity index (χ0v) is 15.9. The highest BCUT2D eigenvalue weighted by molar-refractivity contribution is 7.12. The molecular formula is C18H27N3O3S. The molecule has 3 amide bonds. The van der Waals surface area contributed by atoms with Crippen molar-refractivity contribution in [3.05, 3.63) is 22.4 Å². The van der Waals surface area contributed by atoms with Gasteiger partial charge in [0.15, 0.2) is 0 Å². The summed E-state index contributed by atoms with van der Waals surface area (Å²) in [6.45, 7) is 7.11. The summed E-state index contributed by atoms with van der Waals surface area (Å²) in [6, 6.07) is 3.00. The molecule has 0 radical (unpaired) electrons. The second-order valence-electron chi connectivity index (χ2n) is 6.93. The maximum absolute atomic E-state index is 12.3. The van der Waals surface area contributed by atoms with Gasteiger partial charge in [0, 0.05) is 25.6 Å². The Bertz CT molecular complexity index is 593. The molecule has 0 aliphatic carbocycles. The topological polar surface area (TPSA) is 78.5 Å². The Hall–Kier alpha value is -1.89. The molecular weight excluding hydrogens is 338 g/mol. The molecule has 0 saturated carbocycles. The zero-order valence-electron chi connectivity index (χ0n) is 15.1. The van der Waals surface area contributed by atoms with Crippen molar-refractivity contribution in [2.75, 3.05) is 13.1 Å². The Kier molecular flexibility index (Phi) is 6.99. The first kappa shape index (κ1) is 19.4. The van der Waals surface area contributed by atoms with Gasteiger partial charge in [-0.05, 0) is 37.1 Å². The monoisotopic (exact) mass is 365 g/mol. The molecule has 2 N–H and O–H groups in total. The minimum atomic E-state index is -0.588. The SMILES string of the molecule is CC(C)CC(=O)N1CCC(NC(=O)[C@H](C)NC(=O)c2cccs2)CC1. The molecule has 1 atom stereocenters. The van der Waals surface area contributed by atoms with Gasteiger partial charge in [-0.3, -0.25) is 14.4 Å². The molecule has 1 aromatic heterocycles. The highest BCUT2D eigenvalue weighted by Crippen LogP contribution is 2.14. The summed E-state index contributed by atoms with van der Waals surface area (Å²) < 4.78 is 0. The number of hydrogen-bond donors (Lipinski definition) is 2. The number of piperidine rings is 1. The lowest BCUT2D eigenvalue weighted by Gasteiger charge is -2.33. The number of carbonyl (C=O) groups excluding carboxylic acids is 3. The summed E-state index contributed by atoms with van der Waals surface area (Å²) in [5, 5.41) is 7.52. The van der Waals surface area contributed by atoms with E-state index in [0.717, 1.165) is 12.8 Å². The van der Waals surface area contributed by atoms with Crippen LogP contribution in [-0.2, 0) is 9.59 Å². The van der Waals surface area contributed by atoms with Crippen LogP contribution in [0.3, 0.4) is 0 Å². The van der Waals surface area contributed by atoms with Gasteiger partial charge in [-0.1, -0.05) is 19.9 Å². The van der Waals surface area contributed by atoms with E-state index in [9.17, 15) is 14.4 Å². The van der Waals surface area contributed by atoms with Gasteiger partial charge < -0.3 is 15.5 Å². The second-order valence-corrected chi connectivity index (χ2v) is 7.88. The highest BCUT2D eigenvalue weighted by Gasteiger charge is 2.26. The minimum absolute atomic E-state index is 0.0525. The fourth-order valence-electron chi connectivity index (χ4n) is 2.82. The predicted octanol–water partition coefficient (Wildman–Crippen LogP) is 2.02. The molecule has 2 heterocycles.